The first-order valence-electron chi connectivity index (χ1n) is 4.99. The van der Waals surface area contributed by atoms with Gasteiger partial charge in [0.2, 0.25) is 0 Å². The van der Waals surface area contributed by atoms with Crippen LogP contribution in [0, 0.1) is 13.8 Å². The van der Waals surface area contributed by atoms with Gasteiger partial charge >= 0.3 is 0 Å². The molecular weight excluding hydrogens is 220 g/mol. The highest BCUT2D eigenvalue weighted by Crippen LogP contribution is 2.29. The average Bonchev–Trinajstić information content (AvgIpc) is 2.71. The topological polar surface area (TPSA) is 26.3 Å². The van der Waals surface area contributed by atoms with Crippen LogP contribution in [-0.4, -0.2) is 6.29 Å². The summed E-state index contributed by atoms with van der Waals surface area (Å²) < 4.78 is 5.66. The van der Waals surface area contributed by atoms with E-state index < -0.39 is 0 Å². The lowest BCUT2D eigenvalue weighted by Crippen LogP contribution is -1.84. The van der Waals surface area contributed by atoms with Crippen molar-refractivity contribution in [3.05, 3.63) is 46.3 Å². The summed E-state index contributed by atoms with van der Waals surface area (Å²) in [4.78, 5) is 11.2. The number of hydrogen-bond acceptors (Lipinski definition) is 3. The van der Waals surface area contributed by atoms with Crippen LogP contribution in [-0.2, 0) is 0 Å². The first kappa shape index (κ1) is 10.9. The fraction of sp³-hybridized carbons (Fsp3) is 0.154. The van der Waals surface area contributed by atoms with Crippen molar-refractivity contribution in [3.63, 3.8) is 0 Å². The maximum absolute atomic E-state index is 10.5. The van der Waals surface area contributed by atoms with Gasteiger partial charge in [-0.15, -0.1) is 0 Å². The Balaban J connectivity index is 2.20. The molecule has 0 amide bonds. The molecule has 0 unspecified atom stereocenters. The third-order valence-electron chi connectivity index (χ3n) is 2.42. The SMILES string of the molecule is Cc1ccc(Oc2ccc(C=O)s2)cc1C. The van der Waals surface area contributed by atoms with Crippen molar-refractivity contribution in [2.45, 2.75) is 13.8 Å². The van der Waals surface area contributed by atoms with Crippen LogP contribution in [0.25, 0.3) is 0 Å². The Kier molecular flexibility index (Phi) is 3.06. The highest BCUT2D eigenvalue weighted by Gasteiger charge is 2.02. The van der Waals surface area contributed by atoms with Gasteiger partial charge in [-0.05, 0) is 49.2 Å². The Morgan fingerprint density at radius 2 is 1.94 bits per heavy atom. The zero-order chi connectivity index (χ0) is 11.5. The fourth-order valence-corrected chi connectivity index (χ4v) is 2.04. The molecule has 2 nitrogen and oxygen atoms in total. The van der Waals surface area contributed by atoms with E-state index >= 15 is 0 Å². The monoisotopic (exact) mass is 232 g/mol. The molecule has 0 aliphatic rings. The second-order valence-electron chi connectivity index (χ2n) is 3.62. The Morgan fingerprint density at radius 1 is 1.12 bits per heavy atom. The summed E-state index contributed by atoms with van der Waals surface area (Å²) in [7, 11) is 0. The van der Waals surface area contributed by atoms with Gasteiger partial charge in [0, 0.05) is 0 Å². The molecule has 0 N–H and O–H groups in total. The molecule has 0 spiro atoms. The molecule has 0 saturated heterocycles. The molecule has 1 heterocycles. The molecule has 0 fully saturated rings. The summed E-state index contributed by atoms with van der Waals surface area (Å²) in [6.45, 7) is 4.11. The zero-order valence-corrected chi connectivity index (χ0v) is 10.0. The second-order valence-corrected chi connectivity index (χ2v) is 4.70. The van der Waals surface area contributed by atoms with Crippen molar-refractivity contribution in [2.75, 3.05) is 0 Å². The maximum Gasteiger partial charge on any atom is 0.181 e. The zero-order valence-electron chi connectivity index (χ0n) is 9.19. The van der Waals surface area contributed by atoms with E-state index in [1.165, 1.54) is 22.5 Å². The van der Waals surface area contributed by atoms with Crippen LogP contribution >= 0.6 is 11.3 Å². The number of thiophene rings is 1. The summed E-state index contributed by atoms with van der Waals surface area (Å²) in [6, 6.07) is 9.52. The van der Waals surface area contributed by atoms with Gasteiger partial charge in [-0.2, -0.15) is 0 Å². The minimum Gasteiger partial charge on any atom is -0.447 e. The lowest BCUT2D eigenvalue weighted by Gasteiger charge is -2.05. The highest BCUT2D eigenvalue weighted by molar-refractivity contribution is 7.15. The highest BCUT2D eigenvalue weighted by atomic mass is 32.1. The Labute approximate surface area is 98.5 Å². The van der Waals surface area contributed by atoms with Crippen molar-refractivity contribution < 1.29 is 9.53 Å². The van der Waals surface area contributed by atoms with E-state index in [-0.39, 0.29) is 0 Å². The number of carbonyl (C=O) groups is 1. The van der Waals surface area contributed by atoms with E-state index in [0.717, 1.165) is 17.1 Å². The van der Waals surface area contributed by atoms with Crippen LogP contribution in [0.1, 0.15) is 20.8 Å². The molecule has 1 aromatic carbocycles. The molecular formula is C13H12O2S. The number of ether oxygens (including phenoxy) is 1. The van der Waals surface area contributed by atoms with Gasteiger partial charge in [0.15, 0.2) is 11.3 Å². The number of carbonyl (C=O) groups excluding carboxylic acids is 1. The van der Waals surface area contributed by atoms with Gasteiger partial charge in [0.1, 0.15) is 5.75 Å². The van der Waals surface area contributed by atoms with Crippen molar-refractivity contribution >= 4 is 17.6 Å². The Morgan fingerprint density at radius 3 is 2.56 bits per heavy atom. The first-order valence-corrected chi connectivity index (χ1v) is 5.81. The van der Waals surface area contributed by atoms with Crippen LogP contribution < -0.4 is 4.74 Å². The van der Waals surface area contributed by atoms with Gasteiger partial charge < -0.3 is 4.74 Å². The summed E-state index contributed by atoms with van der Waals surface area (Å²) in [5, 5.41) is 0.741. The standard InChI is InChI=1S/C13H12O2S/c1-9-3-4-11(7-10(9)2)15-13-6-5-12(8-14)16-13/h3-8H,1-2H3. The predicted molar refractivity (Wildman–Crippen MR) is 65.7 cm³/mol. The van der Waals surface area contributed by atoms with Gasteiger partial charge in [-0.25, -0.2) is 0 Å². The third kappa shape index (κ3) is 2.31. The van der Waals surface area contributed by atoms with Crippen LogP contribution in [0.5, 0.6) is 10.8 Å². The van der Waals surface area contributed by atoms with Gasteiger partial charge in [-0.1, -0.05) is 17.4 Å². The van der Waals surface area contributed by atoms with E-state index in [1.54, 1.807) is 6.07 Å². The smallest absolute Gasteiger partial charge is 0.181 e. The first-order chi connectivity index (χ1) is 7.69. The number of aldehydes is 1. The normalized spacial score (nSPS) is 10.1. The Hall–Kier alpha value is -1.61. The average molecular weight is 232 g/mol. The van der Waals surface area contributed by atoms with Crippen molar-refractivity contribution in [3.8, 4) is 10.8 Å². The molecule has 82 valence electrons. The third-order valence-corrected chi connectivity index (χ3v) is 3.30. The van der Waals surface area contributed by atoms with E-state index in [9.17, 15) is 4.79 Å². The lowest BCUT2D eigenvalue weighted by molar-refractivity contribution is 0.112. The van der Waals surface area contributed by atoms with Crippen LogP contribution in [0.3, 0.4) is 0 Å². The van der Waals surface area contributed by atoms with E-state index in [0.29, 0.717) is 4.88 Å². The van der Waals surface area contributed by atoms with E-state index in [1.807, 2.05) is 31.2 Å². The number of aryl methyl sites for hydroxylation is 2. The van der Waals surface area contributed by atoms with Crippen molar-refractivity contribution in [2.24, 2.45) is 0 Å². The second kappa shape index (κ2) is 4.49. The molecule has 0 aliphatic heterocycles. The fourth-order valence-electron chi connectivity index (χ4n) is 1.35. The van der Waals surface area contributed by atoms with Gasteiger partial charge in [0.25, 0.3) is 0 Å². The van der Waals surface area contributed by atoms with Crippen molar-refractivity contribution in [1.82, 2.24) is 0 Å². The van der Waals surface area contributed by atoms with E-state index in [4.69, 9.17) is 4.74 Å². The summed E-state index contributed by atoms with van der Waals surface area (Å²) in [6.07, 6.45) is 0.831. The van der Waals surface area contributed by atoms with Gasteiger partial charge in [-0.3, -0.25) is 4.79 Å². The molecule has 0 radical (unpaired) electrons. The molecule has 1 aromatic heterocycles. The van der Waals surface area contributed by atoms with Crippen molar-refractivity contribution in [1.29, 1.82) is 0 Å². The van der Waals surface area contributed by atoms with Crippen LogP contribution in [0.2, 0.25) is 0 Å². The summed E-state index contributed by atoms with van der Waals surface area (Å²) in [5.41, 5.74) is 2.44. The largest absolute Gasteiger partial charge is 0.447 e. The molecule has 0 aliphatic carbocycles. The van der Waals surface area contributed by atoms with E-state index in [2.05, 4.69) is 6.92 Å². The number of rotatable bonds is 3. The minimum atomic E-state index is 0.679. The minimum absolute atomic E-state index is 0.679. The van der Waals surface area contributed by atoms with Gasteiger partial charge in [0.05, 0.1) is 4.88 Å². The Bertz CT molecular complexity index is 514. The predicted octanol–water partition coefficient (Wildman–Crippen LogP) is 3.97. The maximum atomic E-state index is 10.5. The van der Waals surface area contributed by atoms with Crippen LogP contribution in [0.4, 0.5) is 0 Å². The molecule has 0 atom stereocenters. The summed E-state index contributed by atoms with van der Waals surface area (Å²) >= 11 is 1.35. The number of benzene rings is 1. The quantitative estimate of drug-likeness (QED) is 0.748. The molecule has 2 rings (SSSR count). The summed E-state index contributed by atoms with van der Waals surface area (Å²) in [5.74, 6) is 0.808. The molecule has 0 bridgehead atoms. The molecule has 2 aromatic rings. The number of hydrogen-bond donors (Lipinski definition) is 0. The molecule has 3 heteroatoms. The molecule has 16 heavy (non-hydrogen) atoms. The molecule has 0 saturated carbocycles. The lowest BCUT2D eigenvalue weighted by atomic mass is 10.1. The van der Waals surface area contributed by atoms with Crippen LogP contribution in [0.15, 0.2) is 30.3 Å².